The maximum absolute atomic E-state index is 12.2. The lowest BCUT2D eigenvalue weighted by Gasteiger charge is -2.14. The van der Waals surface area contributed by atoms with Crippen LogP contribution in [-0.4, -0.2) is 37.4 Å². The summed E-state index contributed by atoms with van der Waals surface area (Å²) in [4.78, 5) is 23.3. The highest BCUT2D eigenvalue weighted by molar-refractivity contribution is 5.91. The number of carboxylic acid groups (broad SMARTS) is 1. The Labute approximate surface area is 185 Å². The molecular weight excluding hydrogens is 406 g/mol. The molecule has 160 valence electrons. The van der Waals surface area contributed by atoms with Gasteiger partial charge in [0, 0.05) is 11.5 Å². The van der Waals surface area contributed by atoms with Gasteiger partial charge < -0.3 is 19.9 Å². The Morgan fingerprint density at radius 3 is 2.28 bits per heavy atom. The first-order chi connectivity index (χ1) is 15.6. The van der Waals surface area contributed by atoms with Crippen LogP contribution in [0.1, 0.15) is 33.0 Å². The second-order valence-corrected chi connectivity index (χ2v) is 7.20. The number of fused-ring (bicyclic) bond motifs is 3. The average molecular weight is 427 g/mol. The minimum atomic E-state index is -1.07. The SMILES string of the molecule is COc1cc(C#CCNC(=O)OCC2c3ccccc3-c3ccccc32)ccc1C(=O)O. The van der Waals surface area contributed by atoms with Crippen LogP contribution < -0.4 is 10.1 Å². The molecule has 0 atom stereocenters. The smallest absolute Gasteiger partial charge is 0.407 e. The van der Waals surface area contributed by atoms with Crippen molar-refractivity contribution in [3.8, 4) is 28.7 Å². The van der Waals surface area contributed by atoms with E-state index in [0.717, 1.165) is 11.1 Å². The summed E-state index contributed by atoms with van der Waals surface area (Å²) in [6.45, 7) is 0.334. The number of amides is 1. The maximum Gasteiger partial charge on any atom is 0.407 e. The van der Waals surface area contributed by atoms with Crippen molar-refractivity contribution in [1.29, 1.82) is 0 Å². The molecule has 1 amide bonds. The minimum Gasteiger partial charge on any atom is -0.496 e. The van der Waals surface area contributed by atoms with Gasteiger partial charge in [0.05, 0.1) is 13.7 Å². The number of aromatic carboxylic acids is 1. The van der Waals surface area contributed by atoms with E-state index in [0.29, 0.717) is 5.56 Å². The fourth-order valence-electron chi connectivity index (χ4n) is 3.86. The Morgan fingerprint density at radius 1 is 1.00 bits per heavy atom. The fraction of sp³-hybridized carbons (Fsp3) is 0.154. The third-order valence-electron chi connectivity index (χ3n) is 5.33. The van der Waals surface area contributed by atoms with E-state index < -0.39 is 12.1 Å². The Hall–Kier alpha value is -4.24. The topological polar surface area (TPSA) is 84.9 Å². The van der Waals surface area contributed by atoms with Gasteiger partial charge in [0.1, 0.15) is 17.9 Å². The van der Waals surface area contributed by atoms with Crippen LogP contribution in [0.15, 0.2) is 66.7 Å². The van der Waals surface area contributed by atoms with Gasteiger partial charge in [0.25, 0.3) is 0 Å². The first-order valence-corrected chi connectivity index (χ1v) is 10.1. The van der Waals surface area contributed by atoms with Crippen molar-refractivity contribution < 1.29 is 24.2 Å². The number of rotatable bonds is 5. The van der Waals surface area contributed by atoms with Crippen LogP contribution in [0.4, 0.5) is 4.79 Å². The summed E-state index contributed by atoms with van der Waals surface area (Å²) in [6.07, 6.45) is -0.542. The van der Waals surface area contributed by atoms with E-state index in [9.17, 15) is 9.59 Å². The zero-order chi connectivity index (χ0) is 22.5. The Kier molecular flexibility index (Phi) is 6.09. The van der Waals surface area contributed by atoms with Gasteiger partial charge in [-0.05, 0) is 40.5 Å². The Bertz CT molecular complexity index is 1190. The van der Waals surface area contributed by atoms with Crippen molar-refractivity contribution in [1.82, 2.24) is 5.32 Å². The lowest BCUT2D eigenvalue weighted by Crippen LogP contribution is -2.26. The summed E-state index contributed by atoms with van der Waals surface area (Å²) in [6, 6.07) is 20.9. The van der Waals surface area contributed by atoms with Gasteiger partial charge in [-0.15, -0.1) is 0 Å². The van der Waals surface area contributed by atoms with Crippen LogP contribution in [0.5, 0.6) is 5.75 Å². The highest BCUT2D eigenvalue weighted by Crippen LogP contribution is 2.44. The van der Waals surface area contributed by atoms with Crippen LogP contribution in [-0.2, 0) is 4.74 Å². The second-order valence-electron chi connectivity index (χ2n) is 7.20. The first-order valence-electron chi connectivity index (χ1n) is 10.1. The van der Waals surface area contributed by atoms with Gasteiger partial charge in [-0.2, -0.15) is 0 Å². The predicted molar refractivity (Wildman–Crippen MR) is 120 cm³/mol. The van der Waals surface area contributed by atoms with Gasteiger partial charge in [0.2, 0.25) is 0 Å². The molecular formula is C26H21NO5. The third kappa shape index (κ3) is 4.28. The molecule has 2 N–H and O–H groups in total. The normalized spacial score (nSPS) is 11.5. The van der Waals surface area contributed by atoms with Crippen molar-refractivity contribution in [2.24, 2.45) is 0 Å². The lowest BCUT2D eigenvalue weighted by atomic mass is 9.98. The molecule has 0 aromatic heterocycles. The zero-order valence-corrected chi connectivity index (χ0v) is 17.4. The van der Waals surface area contributed by atoms with Gasteiger partial charge in [-0.1, -0.05) is 60.4 Å². The second kappa shape index (κ2) is 9.27. The molecule has 0 radical (unpaired) electrons. The van der Waals surface area contributed by atoms with E-state index in [1.165, 1.54) is 24.3 Å². The van der Waals surface area contributed by atoms with E-state index in [1.54, 1.807) is 12.1 Å². The van der Waals surface area contributed by atoms with Crippen LogP contribution in [0.2, 0.25) is 0 Å². The summed E-state index contributed by atoms with van der Waals surface area (Å²) < 4.78 is 10.6. The van der Waals surface area contributed by atoms with E-state index in [2.05, 4.69) is 41.4 Å². The number of methoxy groups -OCH3 is 1. The molecule has 0 heterocycles. The van der Waals surface area contributed by atoms with Crippen molar-refractivity contribution >= 4 is 12.1 Å². The molecule has 0 saturated carbocycles. The number of benzene rings is 3. The number of carboxylic acids is 1. The standard InChI is InChI=1S/C26H21NO5/c1-31-24-15-17(12-13-22(24)25(28)29)7-6-14-27-26(30)32-16-23-20-10-4-2-8-18(20)19-9-3-5-11-21(19)23/h2-5,8-13,15,23H,14,16H2,1H3,(H,27,30)(H,28,29). The summed E-state index contributed by atoms with van der Waals surface area (Å²) in [7, 11) is 1.40. The molecule has 0 spiro atoms. The van der Waals surface area contributed by atoms with Crippen LogP contribution in [0, 0.1) is 11.8 Å². The van der Waals surface area contributed by atoms with Gasteiger partial charge in [-0.3, -0.25) is 0 Å². The highest BCUT2D eigenvalue weighted by atomic mass is 16.5. The molecule has 0 bridgehead atoms. The molecule has 6 heteroatoms. The van der Waals surface area contributed by atoms with Gasteiger partial charge in [-0.25, -0.2) is 9.59 Å². The van der Waals surface area contributed by atoms with E-state index in [4.69, 9.17) is 14.6 Å². The third-order valence-corrected chi connectivity index (χ3v) is 5.33. The summed E-state index contributed by atoms with van der Waals surface area (Å²) in [5.74, 6) is 4.86. The summed E-state index contributed by atoms with van der Waals surface area (Å²) >= 11 is 0. The molecule has 1 aliphatic rings. The first kappa shape index (κ1) is 21.0. The van der Waals surface area contributed by atoms with Crippen LogP contribution >= 0.6 is 0 Å². The lowest BCUT2D eigenvalue weighted by molar-refractivity contribution is 0.0693. The van der Waals surface area contributed by atoms with Crippen molar-refractivity contribution in [2.75, 3.05) is 20.3 Å². The largest absolute Gasteiger partial charge is 0.496 e. The molecule has 4 rings (SSSR count). The average Bonchev–Trinajstić information content (AvgIpc) is 3.14. The predicted octanol–water partition coefficient (Wildman–Crippen LogP) is 4.28. The summed E-state index contributed by atoms with van der Waals surface area (Å²) in [5, 5.41) is 11.7. The molecule has 0 saturated heterocycles. The molecule has 6 nitrogen and oxygen atoms in total. The van der Waals surface area contributed by atoms with Gasteiger partial charge in [0.15, 0.2) is 0 Å². The Morgan fingerprint density at radius 2 is 1.66 bits per heavy atom. The maximum atomic E-state index is 12.2. The van der Waals surface area contributed by atoms with E-state index >= 15 is 0 Å². The van der Waals surface area contributed by atoms with Crippen LogP contribution in [0.3, 0.4) is 0 Å². The molecule has 0 unspecified atom stereocenters. The minimum absolute atomic E-state index is 0.000510. The summed E-state index contributed by atoms with van der Waals surface area (Å²) in [5.41, 5.74) is 5.30. The molecule has 3 aromatic rings. The number of carbonyl (C=O) groups is 2. The number of carbonyl (C=O) groups excluding carboxylic acids is 1. The monoisotopic (exact) mass is 427 g/mol. The molecule has 32 heavy (non-hydrogen) atoms. The zero-order valence-electron chi connectivity index (χ0n) is 17.4. The quantitative estimate of drug-likeness (QED) is 0.594. The van der Waals surface area contributed by atoms with Crippen molar-refractivity contribution in [2.45, 2.75) is 5.92 Å². The van der Waals surface area contributed by atoms with E-state index in [-0.39, 0.29) is 30.4 Å². The highest BCUT2D eigenvalue weighted by Gasteiger charge is 2.28. The number of nitrogens with one attached hydrogen (secondary N) is 1. The molecule has 1 aliphatic carbocycles. The molecule has 0 aliphatic heterocycles. The number of hydrogen-bond donors (Lipinski definition) is 2. The van der Waals surface area contributed by atoms with E-state index in [1.807, 2.05) is 24.3 Å². The van der Waals surface area contributed by atoms with Crippen molar-refractivity contribution in [3.05, 3.63) is 89.0 Å². The van der Waals surface area contributed by atoms with Crippen LogP contribution in [0.25, 0.3) is 11.1 Å². The molecule has 3 aromatic carbocycles. The van der Waals surface area contributed by atoms with Crippen molar-refractivity contribution in [3.63, 3.8) is 0 Å². The van der Waals surface area contributed by atoms with Gasteiger partial charge >= 0.3 is 12.1 Å². The number of ether oxygens (including phenoxy) is 2. The number of alkyl carbamates (subject to hydrolysis) is 1. The fourth-order valence-corrected chi connectivity index (χ4v) is 3.86. The molecule has 0 fully saturated rings. The Balaban J connectivity index is 1.34. The number of hydrogen-bond acceptors (Lipinski definition) is 4.